The van der Waals surface area contributed by atoms with Gasteiger partial charge in [-0.1, -0.05) is 38.3 Å². The summed E-state index contributed by atoms with van der Waals surface area (Å²) >= 11 is 0. The van der Waals surface area contributed by atoms with Crippen LogP contribution < -0.4 is 4.74 Å². The molecule has 222 valence electrons. The van der Waals surface area contributed by atoms with Crippen molar-refractivity contribution >= 4 is 11.9 Å². The standard InChI is InChI=1S/C33H48O7/c1-3-4-5-10-27(39-31-12-6-7-17-37-31)15-16-33(40-32(35)23-13-14-23)20-25-18-24-9-8-11-29(38-22-30(34)36-2)28(24)19-26(25)21-33/h8-9,11,23,25-27,31H,3-7,10,12-22H2,1-2H3/t25-,26+,27-,31?,33+/m1/s1. The first-order valence-electron chi connectivity index (χ1n) is 15.8. The van der Waals surface area contributed by atoms with Crippen molar-refractivity contribution in [2.75, 3.05) is 20.3 Å². The zero-order chi connectivity index (χ0) is 28.0. The van der Waals surface area contributed by atoms with Gasteiger partial charge in [0.2, 0.25) is 0 Å². The molecule has 1 aliphatic heterocycles. The van der Waals surface area contributed by atoms with Crippen LogP contribution in [0.2, 0.25) is 0 Å². The van der Waals surface area contributed by atoms with Crippen LogP contribution in [0.15, 0.2) is 18.2 Å². The third-order valence-corrected chi connectivity index (χ3v) is 9.45. The Morgan fingerprint density at radius 1 is 1.05 bits per heavy atom. The number of carbonyl (C=O) groups excluding carboxylic acids is 2. The Morgan fingerprint density at radius 3 is 2.60 bits per heavy atom. The Morgan fingerprint density at radius 2 is 1.88 bits per heavy atom. The van der Waals surface area contributed by atoms with Gasteiger partial charge in [-0.25, -0.2) is 4.79 Å². The maximum atomic E-state index is 13.1. The second-order valence-electron chi connectivity index (χ2n) is 12.6. The van der Waals surface area contributed by atoms with Gasteiger partial charge in [0.25, 0.3) is 0 Å². The van der Waals surface area contributed by atoms with Gasteiger partial charge >= 0.3 is 11.9 Å². The molecule has 3 fully saturated rings. The summed E-state index contributed by atoms with van der Waals surface area (Å²) in [6.07, 6.45) is 15.1. The monoisotopic (exact) mass is 556 g/mol. The number of hydrogen-bond donors (Lipinski definition) is 0. The first-order chi connectivity index (χ1) is 19.5. The quantitative estimate of drug-likeness (QED) is 0.196. The van der Waals surface area contributed by atoms with E-state index >= 15 is 0 Å². The van der Waals surface area contributed by atoms with Gasteiger partial charge in [0.05, 0.1) is 19.1 Å². The van der Waals surface area contributed by atoms with E-state index in [0.717, 1.165) is 95.8 Å². The minimum atomic E-state index is -0.441. The van der Waals surface area contributed by atoms with Gasteiger partial charge < -0.3 is 23.7 Å². The molecule has 5 atom stereocenters. The molecule has 0 amide bonds. The number of carbonyl (C=O) groups is 2. The molecule has 0 spiro atoms. The van der Waals surface area contributed by atoms with Crippen LogP contribution in [0.4, 0.5) is 0 Å². The van der Waals surface area contributed by atoms with E-state index in [2.05, 4.69) is 13.0 Å². The molecule has 5 rings (SSSR count). The highest BCUT2D eigenvalue weighted by Crippen LogP contribution is 2.52. The molecule has 40 heavy (non-hydrogen) atoms. The molecule has 2 saturated carbocycles. The number of unbranched alkanes of at least 4 members (excludes halogenated alkanes) is 2. The van der Waals surface area contributed by atoms with Crippen molar-refractivity contribution in [2.45, 2.75) is 121 Å². The van der Waals surface area contributed by atoms with Crippen molar-refractivity contribution in [3.05, 3.63) is 29.3 Å². The second kappa shape index (κ2) is 13.7. The predicted molar refractivity (Wildman–Crippen MR) is 151 cm³/mol. The first kappa shape index (κ1) is 29.4. The third-order valence-electron chi connectivity index (χ3n) is 9.45. The van der Waals surface area contributed by atoms with Crippen LogP contribution in [0, 0.1) is 17.8 Å². The number of benzene rings is 1. The van der Waals surface area contributed by atoms with Crippen LogP contribution in [-0.4, -0.2) is 50.3 Å². The summed E-state index contributed by atoms with van der Waals surface area (Å²) in [4.78, 5) is 24.8. The Labute approximate surface area is 239 Å². The summed E-state index contributed by atoms with van der Waals surface area (Å²) in [5.41, 5.74) is 2.03. The highest BCUT2D eigenvalue weighted by molar-refractivity contribution is 5.75. The third kappa shape index (κ3) is 7.58. The summed E-state index contributed by atoms with van der Waals surface area (Å²) in [5, 5.41) is 0. The van der Waals surface area contributed by atoms with Crippen LogP contribution in [-0.2, 0) is 41.4 Å². The van der Waals surface area contributed by atoms with Crippen molar-refractivity contribution in [2.24, 2.45) is 17.8 Å². The summed E-state index contributed by atoms with van der Waals surface area (Å²) in [6, 6.07) is 6.13. The highest BCUT2D eigenvalue weighted by Gasteiger charge is 2.51. The summed E-state index contributed by atoms with van der Waals surface area (Å²) in [5.74, 6) is 1.36. The molecule has 4 aliphatic rings. The maximum absolute atomic E-state index is 13.1. The Bertz CT molecular complexity index is 999. The van der Waals surface area contributed by atoms with Crippen LogP contribution in [0.3, 0.4) is 0 Å². The fourth-order valence-corrected chi connectivity index (χ4v) is 7.07. The molecule has 1 aromatic rings. The lowest BCUT2D eigenvalue weighted by molar-refractivity contribution is -0.194. The van der Waals surface area contributed by atoms with Gasteiger partial charge in [0.15, 0.2) is 12.9 Å². The lowest BCUT2D eigenvalue weighted by atomic mass is 9.77. The summed E-state index contributed by atoms with van der Waals surface area (Å²) in [7, 11) is 1.37. The highest BCUT2D eigenvalue weighted by atomic mass is 16.7. The zero-order valence-electron chi connectivity index (χ0n) is 24.5. The van der Waals surface area contributed by atoms with Crippen molar-refractivity contribution in [3.8, 4) is 5.75 Å². The largest absolute Gasteiger partial charge is 0.482 e. The van der Waals surface area contributed by atoms with Crippen LogP contribution in [0.5, 0.6) is 5.75 Å². The predicted octanol–water partition coefficient (Wildman–Crippen LogP) is 6.33. The minimum Gasteiger partial charge on any atom is -0.482 e. The van der Waals surface area contributed by atoms with E-state index in [9.17, 15) is 9.59 Å². The van der Waals surface area contributed by atoms with E-state index in [1.165, 1.54) is 31.1 Å². The van der Waals surface area contributed by atoms with Crippen molar-refractivity contribution in [1.29, 1.82) is 0 Å². The number of fused-ring (bicyclic) bond motifs is 2. The van der Waals surface area contributed by atoms with Crippen LogP contribution in [0.1, 0.15) is 102 Å². The second-order valence-corrected chi connectivity index (χ2v) is 12.6. The Balaban J connectivity index is 1.28. The molecule has 3 aliphatic carbocycles. The van der Waals surface area contributed by atoms with E-state index in [1.807, 2.05) is 12.1 Å². The summed E-state index contributed by atoms with van der Waals surface area (Å²) in [6.45, 7) is 2.93. The van der Waals surface area contributed by atoms with Crippen LogP contribution in [0.25, 0.3) is 0 Å². The van der Waals surface area contributed by atoms with Crippen LogP contribution >= 0.6 is 0 Å². The minimum absolute atomic E-state index is 0.00248. The molecular formula is C33H48O7. The fourth-order valence-electron chi connectivity index (χ4n) is 7.07. The molecule has 7 heteroatoms. The number of esters is 2. The number of ether oxygens (including phenoxy) is 5. The maximum Gasteiger partial charge on any atom is 0.343 e. The smallest absolute Gasteiger partial charge is 0.343 e. The number of methoxy groups -OCH3 is 1. The fraction of sp³-hybridized carbons (Fsp3) is 0.758. The molecule has 0 N–H and O–H groups in total. The van der Waals surface area contributed by atoms with Gasteiger partial charge in [-0.05, 0) is 106 Å². The van der Waals surface area contributed by atoms with Gasteiger partial charge in [-0.2, -0.15) is 0 Å². The van der Waals surface area contributed by atoms with Gasteiger partial charge in [-0.15, -0.1) is 0 Å². The average Bonchev–Trinajstić information content (AvgIpc) is 3.76. The van der Waals surface area contributed by atoms with Crippen molar-refractivity contribution < 1.29 is 33.3 Å². The summed E-state index contributed by atoms with van der Waals surface area (Å²) < 4.78 is 29.6. The lowest BCUT2D eigenvalue weighted by Gasteiger charge is -2.33. The van der Waals surface area contributed by atoms with Crippen molar-refractivity contribution in [3.63, 3.8) is 0 Å². The normalized spacial score (nSPS) is 28.3. The van der Waals surface area contributed by atoms with E-state index in [-0.39, 0.29) is 36.9 Å². The lowest BCUT2D eigenvalue weighted by Crippen LogP contribution is -2.36. The average molecular weight is 557 g/mol. The van der Waals surface area contributed by atoms with E-state index in [4.69, 9.17) is 23.7 Å². The Hall–Kier alpha value is -2.12. The van der Waals surface area contributed by atoms with Gasteiger partial charge in [0, 0.05) is 6.61 Å². The molecule has 0 bridgehead atoms. The number of hydrogen-bond acceptors (Lipinski definition) is 7. The molecule has 7 nitrogen and oxygen atoms in total. The van der Waals surface area contributed by atoms with Crippen molar-refractivity contribution in [1.82, 2.24) is 0 Å². The van der Waals surface area contributed by atoms with E-state index in [1.54, 1.807) is 0 Å². The molecule has 1 saturated heterocycles. The zero-order valence-corrected chi connectivity index (χ0v) is 24.5. The molecule has 1 unspecified atom stereocenters. The molecule has 1 heterocycles. The van der Waals surface area contributed by atoms with Gasteiger partial charge in [0.1, 0.15) is 11.4 Å². The van der Waals surface area contributed by atoms with Gasteiger partial charge in [-0.3, -0.25) is 4.79 Å². The Kier molecular flexibility index (Phi) is 10.1. The SMILES string of the molecule is CCCCC[C@H](CC[C@]1(OC(=O)C2CC2)C[C@H]2Cc3cccc(OCC(=O)OC)c3C[C@H]2C1)OC1CCCCO1. The topological polar surface area (TPSA) is 80.3 Å². The molecule has 0 radical (unpaired) electrons. The molecule has 1 aromatic carbocycles. The van der Waals surface area contributed by atoms with E-state index < -0.39 is 5.60 Å². The number of rotatable bonds is 14. The molecule has 0 aromatic heterocycles. The van der Waals surface area contributed by atoms with E-state index in [0.29, 0.717) is 11.8 Å². The first-order valence-corrected chi connectivity index (χ1v) is 15.8. The molecular weight excluding hydrogens is 508 g/mol.